The fourth-order valence-electron chi connectivity index (χ4n) is 3.56. The number of anilines is 1. The highest BCUT2D eigenvalue weighted by atomic mass is 32.2. The summed E-state index contributed by atoms with van der Waals surface area (Å²) in [4.78, 5) is 24.3. The summed E-state index contributed by atoms with van der Waals surface area (Å²) in [5.41, 5.74) is 2.82. The molecule has 1 atom stereocenters. The Kier molecular flexibility index (Phi) is 8.72. The molecular formula is C24H34N4O2S. The van der Waals surface area contributed by atoms with Gasteiger partial charge in [0.25, 0.3) is 5.91 Å². The van der Waals surface area contributed by atoms with Gasteiger partial charge in [-0.25, -0.2) is 9.97 Å². The Morgan fingerprint density at radius 3 is 2.74 bits per heavy atom. The molecule has 31 heavy (non-hydrogen) atoms. The third kappa shape index (κ3) is 6.68. The van der Waals surface area contributed by atoms with Crippen LogP contribution in [0.25, 0.3) is 0 Å². The van der Waals surface area contributed by atoms with Crippen molar-refractivity contribution in [2.75, 3.05) is 31.1 Å². The maximum absolute atomic E-state index is 12.5. The van der Waals surface area contributed by atoms with Gasteiger partial charge in [0.1, 0.15) is 5.82 Å². The van der Waals surface area contributed by atoms with Gasteiger partial charge in [0.15, 0.2) is 5.16 Å². The van der Waals surface area contributed by atoms with Crippen molar-refractivity contribution in [1.29, 1.82) is 0 Å². The highest BCUT2D eigenvalue weighted by Gasteiger charge is 2.17. The summed E-state index contributed by atoms with van der Waals surface area (Å²) in [5, 5.41) is 3.77. The van der Waals surface area contributed by atoms with Gasteiger partial charge in [-0.2, -0.15) is 0 Å². The van der Waals surface area contributed by atoms with Crippen LogP contribution >= 0.6 is 11.8 Å². The molecule has 1 N–H and O–H groups in total. The van der Waals surface area contributed by atoms with E-state index in [-0.39, 0.29) is 12.0 Å². The summed E-state index contributed by atoms with van der Waals surface area (Å²) in [6.45, 7) is 11.8. The van der Waals surface area contributed by atoms with E-state index in [4.69, 9.17) is 14.7 Å². The first-order chi connectivity index (χ1) is 15.0. The average molecular weight is 443 g/mol. The van der Waals surface area contributed by atoms with Crippen molar-refractivity contribution in [2.24, 2.45) is 0 Å². The Morgan fingerprint density at radius 1 is 1.26 bits per heavy atom. The number of ether oxygens (including phenoxy) is 1. The summed E-state index contributed by atoms with van der Waals surface area (Å²) in [7, 11) is 0. The summed E-state index contributed by atoms with van der Waals surface area (Å²) >= 11 is 1.61. The average Bonchev–Trinajstić information content (AvgIpc) is 3.31. The maximum atomic E-state index is 12.5. The minimum Gasteiger partial charge on any atom is -0.376 e. The van der Waals surface area contributed by atoms with Crippen molar-refractivity contribution < 1.29 is 9.53 Å². The van der Waals surface area contributed by atoms with Gasteiger partial charge in [-0.15, -0.1) is 0 Å². The third-order valence-corrected chi connectivity index (χ3v) is 6.38. The molecule has 2 aromatic rings. The van der Waals surface area contributed by atoms with Crippen LogP contribution < -0.4 is 10.2 Å². The molecule has 1 aliphatic rings. The van der Waals surface area contributed by atoms with Gasteiger partial charge in [0.05, 0.1) is 6.10 Å². The second-order valence-electron chi connectivity index (χ2n) is 8.09. The second-order valence-corrected chi connectivity index (χ2v) is 9.04. The highest BCUT2D eigenvalue weighted by molar-refractivity contribution is 7.98. The Labute approximate surface area is 190 Å². The molecule has 7 heteroatoms. The summed E-state index contributed by atoms with van der Waals surface area (Å²) in [5.74, 6) is 1.98. The smallest absolute Gasteiger partial charge is 0.251 e. The van der Waals surface area contributed by atoms with Crippen LogP contribution in [0.4, 0.5) is 5.82 Å². The monoisotopic (exact) mass is 442 g/mol. The van der Waals surface area contributed by atoms with Gasteiger partial charge in [-0.05, 0) is 50.3 Å². The number of amides is 1. The summed E-state index contributed by atoms with van der Waals surface area (Å²) in [6.07, 6.45) is 2.23. The van der Waals surface area contributed by atoms with Crippen LogP contribution in [0.1, 0.15) is 68.1 Å². The predicted octanol–water partition coefficient (Wildman–Crippen LogP) is 4.65. The van der Waals surface area contributed by atoms with E-state index < -0.39 is 0 Å². The number of thioether (sulfide) groups is 1. The Balaban J connectivity index is 1.66. The van der Waals surface area contributed by atoms with Crippen molar-refractivity contribution >= 4 is 23.5 Å². The van der Waals surface area contributed by atoms with Gasteiger partial charge in [-0.1, -0.05) is 37.7 Å². The van der Waals surface area contributed by atoms with Crippen molar-refractivity contribution in [3.8, 4) is 0 Å². The SMILES string of the molecule is CCN(CC)c1cc(C(C)C)nc(SCc2cccc(C(=O)NC[C@H]3CCCO3)c2)n1. The van der Waals surface area contributed by atoms with Gasteiger partial charge in [0, 0.05) is 49.3 Å². The lowest BCUT2D eigenvalue weighted by Gasteiger charge is -2.21. The minimum atomic E-state index is -0.0516. The van der Waals surface area contributed by atoms with Crippen LogP contribution in [-0.4, -0.2) is 48.2 Å². The zero-order valence-corrected chi connectivity index (χ0v) is 19.9. The third-order valence-electron chi connectivity index (χ3n) is 5.46. The standard InChI is InChI=1S/C24H34N4O2S/c1-5-28(6-2)22-14-21(17(3)4)26-24(27-22)31-16-18-9-7-10-19(13-18)23(29)25-15-20-11-8-12-30-20/h7,9-10,13-14,17,20H,5-6,8,11-12,15-16H2,1-4H3,(H,25,29)/t20-/m1/s1. The van der Waals surface area contributed by atoms with Crippen LogP contribution in [-0.2, 0) is 10.5 Å². The molecule has 168 valence electrons. The molecule has 1 aromatic heterocycles. The van der Waals surface area contributed by atoms with Crippen LogP contribution in [0.2, 0.25) is 0 Å². The maximum Gasteiger partial charge on any atom is 0.251 e. The highest BCUT2D eigenvalue weighted by Crippen LogP contribution is 2.26. The molecule has 0 saturated carbocycles. The largest absolute Gasteiger partial charge is 0.376 e. The molecule has 0 aliphatic carbocycles. The van der Waals surface area contributed by atoms with E-state index in [0.29, 0.717) is 23.8 Å². The first-order valence-corrected chi connectivity index (χ1v) is 12.2. The summed E-state index contributed by atoms with van der Waals surface area (Å²) < 4.78 is 5.58. The summed E-state index contributed by atoms with van der Waals surface area (Å²) in [6, 6.07) is 9.88. The lowest BCUT2D eigenvalue weighted by molar-refractivity contribution is 0.0857. The first kappa shape index (κ1) is 23.5. The van der Waals surface area contributed by atoms with Crippen molar-refractivity contribution in [2.45, 2.75) is 63.5 Å². The van der Waals surface area contributed by atoms with Crippen molar-refractivity contribution in [1.82, 2.24) is 15.3 Å². The Hall–Kier alpha value is -2.12. The fraction of sp³-hybridized carbons (Fsp3) is 0.542. The number of nitrogens with zero attached hydrogens (tertiary/aromatic N) is 3. The number of hydrogen-bond acceptors (Lipinski definition) is 6. The molecular weight excluding hydrogens is 408 g/mol. The Bertz CT molecular complexity index is 864. The molecule has 3 rings (SSSR count). The number of hydrogen-bond donors (Lipinski definition) is 1. The van der Waals surface area contributed by atoms with Crippen LogP contribution in [0.15, 0.2) is 35.5 Å². The van der Waals surface area contributed by atoms with E-state index in [1.54, 1.807) is 11.8 Å². The number of carbonyl (C=O) groups is 1. The predicted molar refractivity (Wildman–Crippen MR) is 127 cm³/mol. The lowest BCUT2D eigenvalue weighted by atomic mass is 10.1. The van der Waals surface area contributed by atoms with Crippen molar-refractivity contribution in [3.05, 3.63) is 47.2 Å². The van der Waals surface area contributed by atoms with E-state index in [1.165, 1.54) is 0 Å². The second kappa shape index (κ2) is 11.5. The van der Waals surface area contributed by atoms with Crippen molar-refractivity contribution in [3.63, 3.8) is 0 Å². The molecule has 2 heterocycles. The molecule has 1 amide bonds. The number of rotatable bonds is 10. The number of aromatic nitrogens is 2. The lowest BCUT2D eigenvalue weighted by Crippen LogP contribution is -2.31. The van der Waals surface area contributed by atoms with E-state index in [1.807, 2.05) is 24.3 Å². The normalized spacial score (nSPS) is 16.0. The van der Waals surface area contributed by atoms with Gasteiger partial charge in [-0.3, -0.25) is 4.79 Å². The molecule has 1 aromatic carbocycles. The van der Waals surface area contributed by atoms with E-state index >= 15 is 0 Å². The van der Waals surface area contributed by atoms with Gasteiger partial charge in [0.2, 0.25) is 0 Å². The van der Waals surface area contributed by atoms with Gasteiger partial charge >= 0.3 is 0 Å². The Morgan fingerprint density at radius 2 is 2.06 bits per heavy atom. The molecule has 1 saturated heterocycles. The number of nitrogens with one attached hydrogen (secondary N) is 1. The number of benzene rings is 1. The quantitative estimate of drug-likeness (QED) is 0.427. The van der Waals surface area contributed by atoms with Gasteiger partial charge < -0.3 is 15.0 Å². The minimum absolute atomic E-state index is 0.0516. The molecule has 1 fully saturated rings. The van der Waals surface area contributed by atoms with E-state index in [9.17, 15) is 4.79 Å². The zero-order valence-electron chi connectivity index (χ0n) is 19.1. The molecule has 6 nitrogen and oxygen atoms in total. The molecule has 0 radical (unpaired) electrons. The fourth-order valence-corrected chi connectivity index (χ4v) is 4.37. The zero-order chi connectivity index (χ0) is 22.2. The number of carbonyl (C=O) groups excluding carboxylic acids is 1. The first-order valence-electron chi connectivity index (χ1n) is 11.3. The topological polar surface area (TPSA) is 67.4 Å². The van der Waals surface area contributed by atoms with Crippen LogP contribution in [0.3, 0.4) is 0 Å². The molecule has 0 bridgehead atoms. The van der Waals surface area contributed by atoms with Crippen LogP contribution in [0.5, 0.6) is 0 Å². The molecule has 0 unspecified atom stereocenters. The van der Waals surface area contributed by atoms with E-state index in [0.717, 1.165) is 54.8 Å². The van der Waals surface area contributed by atoms with Crippen LogP contribution in [0, 0.1) is 0 Å². The van der Waals surface area contributed by atoms with E-state index in [2.05, 4.69) is 44.0 Å². The molecule has 0 spiro atoms. The molecule has 1 aliphatic heterocycles.